The van der Waals surface area contributed by atoms with Crippen molar-refractivity contribution in [1.82, 2.24) is 9.97 Å². The molecule has 10 heteroatoms. The Labute approximate surface area is 210 Å². The van der Waals surface area contributed by atoms with Gasteiger partial charge in [-0.05, 0) is 34.9 Å². The number of rotatable bonds is 8. The molecule has 0 aliphatic heterocycles. The zero-order chi connectivity index (χ0) is 24.1. The van der Waals surface area contributed by atoms with E-state index in [-0.39, 0.29) is 30.7 Å². The van der Waals surface area contributed by atoms with E-state index in [0.29, 0.717) is 37.8 Å². The minimum atomic E-state index is -0.200. The molecule has 7 nitrogen and oxygen atoms in total. The van der Waals surface area contributed by atoms with Crippen molar-refractivity contribution < 1.29 is 9.53 Å². The lowest BCUT2D eigenvalue weighted by Crippen LogP contribution is -2.14. The minimum absolute atomic E-state index is 0.0793. The molecule has 0 aliphatic rings. The fraction of sp³-hybridized carbons (Fsp3) is 0.125. The first-order chi connectivity index (χ1) is 16.4. The number of carbonyl (C=O) groups excluding carboxylic acids is 1. The van der Waals surface area contributed by atoms with Gasteiger partial charge in [-0.25, -0.2) is 4.98 Å². The second-order valence-electron chi connectivity index (χ2n) is 7.42. The van der Waals surface area contributed by atoms with Crippen LogP contribution in [0.4, 0.5) is 17.5 Å². The second-order valence-corrected chi connectivity index (χ2v) is 9.70. The van der Waals surface area contributed by atoms with Crippen molar-refractivity contribution in [3.63, 3.8) is 0 Å². The molecule has 0 radical (unpaired) electrons. The first kappa shape index (κ1) is 24.0. The Morgan fingerprint density at radius 3 is 2.41 bits per heavy atom. The number of nitrogens with one attached hydrogen (secondary N) is 1. The first-order valence-corrected chi connectivity index (χ1v) is 11.8. The minimum Gasteiger partial charge on any atom is -0.383 e. The van der Waals surface area contributed by atoms with Gasteiger partial charge in [0, 0.05) is 11.3 Å². The molecular weight excluding hydrogens is 493 g/mol. The predicted octanol–water partition coefficient (Wildman–Crippen LogP) is 5.57. The van der Waals surface area contributed by atoms with Crippen molar-refractivity contribution in [3.8, 4) is 11.1 Å². The Balaban J connectivity index is 1.47. The maximum absolute atomic E-state index is 12.4. The number of benzene rings is 2. The molecule has 1 amide bonds. The Hall–Kier alpha value is -3.17. The van der Waals surface area contributed by atoms with Crippen LogP contribution in [0.2, 0.25) is 8.67 Å². The van der Waals surface area contributed by atoms with Gasteiger partial charge >= 0.3 is 0 Å². The molecule has 0 aliphatic carbocycles. The molecule has 0 saturated carbocycles. The third kappa shape index (κ3) is 6.03. The van der Waals surface area contributed by atoms with Gasteiger partial charge in [0.2, 0.25) is 11.9 Å². The number of aromatic nitrogens is 2. The predicted molar refractivity (Wildman–Crippen MR) is 138 cm³/mol. The summed E-state index contributed by atoms with van der Waals surface area (Å²) in [5.41, 5.74) is 16.4. The molecule has 2 heterocycles. The van der Waals surface area contributed by atoms with Crippen LogP contribution in [0.5, 0.6) is 0 Å². The standard InChI is InChI=1S/C24H21Cl2N5O2S/c25-19-10-16(22(26)34-19)11-20(32)29-17-8-6-15(7-9-17)21-18(30-24(28)31-23(21)27)13-33-12-14-4-2-1-3-5-14/h1-10H,11-13H2,(H,29,32)(H4,27,28,30,31). The summed E-state index contributed by atoms with van der Waals surface area (Å²) >= 11 is 13.3. The first-order valence-electron chi connectivity index (χ1n) is 10.3. The van der Waals surface area contributed by atoms with E-state index < -0.39 is 0 Å². The van der Waals surface area contributed by atoms with E-state index >= 15 is 0 Å². The van der Waals surface area contributed by atoms with Crippen LogP contribution < -0.4 is 16.8 Å². The molecule has 0 atom stereocenters. The SMILES string of the molecule is Nc1nc(N)c(-c2ccc(NC(=O)Cc3cc(Cl)sc3Cl)cc2)c(COCc2ccccc2)n1. The van der Waals surface area contributed by atoms with Gasteiger partial charge in [-0.15, -0.1) is 11.3 Å². The molecule has 4 aromatic rings. The Morgan fingerprint density at radius 1 is 1.00 bits per heavy atom. The molecule has 4 rings (SSSR count). The van der Waals surface area contributed by atoms with Gasteiger partial charge in [-0.3, -0.25) is 4.79 Å². The molecule has 0 fully saturated rings. The molecule has 2 aromatic carbocycles. The van der Waals surface area contributed by atoms with E-state index in [0.717, 1.165) is 11.1 Å². The zero-order valence-electron chi connectivity index (χ0n) is 17.9. The van der Waals surface area contributed by atoms with Crippen molar-refractivity contribution >= 4 is 57.9 Å². The van der Waals surface area contributed by atoms with E-state index in [1.165, 1.54) is 11.3 Å². The van der Waals surface area contributed by atoms with Crippen molar-refractivity contribution in [1.29, 1.82) is 0 Å². The molecule has 0 unspecified atom stereocenters. The molecule has 2 aromatic heterocycles. The maximum atomic E-state index is 12.4. The summed E-state index contributed by atoms with van der Waals surface area (Å²) in [4.78, 5) is 20.8. The number of amides is 1. The highest BCUT2D eigenvalue weighted by Crippen LogP contribution is 2.32. The van der Waals surface area contributed by atoms with E-state index in [1.54, 1.807) is 18.2 Å². The van der Waals surface area contributed by atoms with Crippen LogP contribution in [-0.2, 0) is 29.2 Å². The Kier molecular flexibility index (Phi) is 7.64. The number of thiophene rings is 1. The van der Waals surface area contributed by atoms with Crippen LogP contribution in [-0.4, -0.2) is 15.9 Å². The summed E-state index contributed by atoms with van der Waals surface area (Å²) in [6.45, 7) is 0.637. The van der Waals surface area contributed by atoms with Crippen molar-refractivity contribution in [2.75, 3.05) is 16.8 Å². The highest BCUT2D eigenvalue weighted by atomic mass is 35.5. The van der Waals surface area contributed by atoms with Crippen LogP contribution in [0, 0.1) is 0 Å². The smallest absolute Gasteiger partial charge is 0.228 e. The largest absolute Gasteiger partial charge is 0.383 e. The molecule has 174 valence electrons. The van der Waals surface area contributed by atoms with Gasteiger partial charge in [0.05, 0.1) is 34.0 Å². The number of hydrogen-bond donors (Lipinski definition) is 3. The van der Waals surface area contributed by atoms with Crippen molar-refractivity contribution in [2.24, 2.45) is 0 Å². The molecule has 34 heavy (non-hydrogen) atoms. The second kappa shape index (κ2) is 10.8. The number of anilines is 3. The van der Waals surface area contributed by atoms with E-state index in [1.807, 2.05) is 42.5 Å². The van der Waals surface area contributed by atoms with Crippen molar-refractivity contribution in [2.45, 2.75) is 19.6 Å². The quantitative estimate of drug-likeness (QED) is 0.283. The fourth-order valence-corrected chi connectivity index (χ4v) is 4.89. The van der Waals surface area contributed by atoms with Crippen LogP contribution in [0.1, 0.15) is 16.8 Å². The average Bonchev–Trinajstić information content (AvgIpc) is 3.11. The normalized spacial score (nSPS) is 10.9. The molecule has 0 bridgehead atoms. The highest BCUT2D eigenvalue weighted by Gasteiger charge is 2.15. The van der Waals surface area contributed by atoms with Gasteiger partial charge < -0.3 is 21.5 Å². The lowest BCUT2D eigenvalue weighted by Gasteiger charge is -2.13. The number of halogens is 2. The molecule has 0 saturated heterocycles. The number of nitrogen functional groups attached to an aromatic ring is 2. The number of nitrogens with two attached hydrogens (primary N) is 2. The fourth-order valence-electron chi connectivity index (χ4n) is 3.40. The summed E-state index contributed by atoms with van der Waals surface area (Å²) in [5.74, 6) is 0.136. The third-order valence-electron chi connectivity index (χ3n) is 4.92. The van der Waals surface area contributed by atoms with Gasteiger partial charge in [-0.1, -0.05) is 65.7 Å². The molecular formula is C24H21Cl2N5O2S. The van der Waals surface area contributed by atoms with E-state index in [2.05, 4.69) is 15.3 Å². The highest BCUT2D eigenvalue weighted by molar-refractivity contribution is 7.20. The Morgan fingerprint density at radius 2 is 1.74 bits per heavy atom. The molecule has 5 N–H and O–H groups in total. The number of nitrogens with zero attached hydrogens (tertiary/aromatic N) is 2. The zero-order valence-corrected chi connectivity index (χ0v) is 20.3. The molecule has 0 spiro atoms. The summed E-state index contributed by atoms with van der Waals surface area (Å²) in [6, 6.07) is 18.7. The van der Waals surface area contributed by atoms with Crippen LogP contribution in [0.25, 0.3) is 11.1 Å². The number of carbonyl (C=O) groups is 1. The third-order valence-corrected chi connectivity index (χ3v) is 6.48. The lowest BCUT2D eigenvalue weighted by atomic mass is 10.0. The van der Waals surface area contributed by atoms with Gasteiger partial charge in [0.25, 0.3) is 0 Å². The van der Waals surface area contributed by atoms with E-state index in [9.17, 15) is 4.79 Å². The summed E-state index contributed by atoms with van der Waals surface area (Å²) in [7, 11) is 0. The summed E-state index contributed by atoms with van der Waals surface area (Å²) in [5, 5.41) is 2.85. The van der Waals surface area contributed by atoms with Crippen LogP contribution in [0.15, 0.2) is 60.7 Å². The summed E-state index contributed by atoms with van der Waals surface area (Å²) < 4.78 is 6.90. The van der Waals surface area contributed by atoms with Gasteiger partial charge in [-0.2, -0.15) is 4.98 Å². The number of hydrogen-bond acceptors (Lipinski definition) is 7. The lowest BCUT2D eigenvalue weighted by molar-refractivity contribution is -0.115. The summed E-state index contributed by atoms with van der Waals surface area (Å²) in [6.07, 6.45) is 0.130. The number of ether oxygens (including phenoxy) is 1. The van der Waals surface area contributed by atoms with Crippen LogP contribution >= 0.6 is 34.5 Å². The van der Waals surface area contributed by atoms with Gasteiger partial charge in [0.1, 0.15) is 5.82 Å². The van der Waals surface area contributed by atoms with Gasteiger partial charge in [0.15, 0.2) is 0 Å². The van der Waals surface area contributed by atoms with E-state index in [4.69, 9.17) is 39.4 Å². The Bertz CT molecular complexity index is 1300. The van der Waals surface area contributed by atoms with Crippen molar-refractivity contribution in [3.05, 3.63) is 86.2 Å². The maximum Gasteiger partial charge on any atom is 0.228 e. The monoisotopic (exact) mass is 513 g/mol. The topological polar surface area (TPSA) is 116 Å². The average molecular weight is 514 g/mol. The van der Waals surface area contributed by atoms with Crippen LogP contribution in [0.3, 0.4) is 0 Å².